The van der Waals surface area contributed by atoms with Crippen molar-refractivity contribution in [3.63, 3.8) is 0 Å². The van der Waals surface area contributed by atoms with Crippen LogP contribution in [0.1, 0.15) is 85.0 Å². The summed E-state index contributed by atoms with van der Waals surface area (Å²) in [5.41, 5.74) is -0.0903. The van der Waals surface area contributed by atoms with Gasteiger partial charge in [0.25, 0.3) is 0 Å². The fraction of sp³-hybridized carbons (Fsp3) is 0.958. The van der Waals surface area contributed by atoms with Gasteiger partial charge in [0, 0.05) is 0 Å². The molecule has 5 fully saturated rings. The van der Waals surface area contributed by atoms with Crippen LogP contribution in [0.25, 0.3) is 0 Å². The molecule has 4 bridgehead atoms. The van der Waals surface area contributed by atoms with Gasteiger partial charge < -0.3 is 4.74 Å². The summed E-state index contributed by atoms with van der Waals surface area (Å²) in [5.74, 6) is 6.97. The molecule has 0 aromatic heterocycles. The van der Waals surface area contributed by atoms with E-state index in [2.05, 4.69) is 20.8 Å². The van der Waals surface area contributed by atoms with Crippen molar-refractivity contribution in [3.8, 4) is 0 Å². The monoisotopic (exact) mass is 358 g/mol. The van der Waals surface area contributed by atoms with Gasteiger partial charge in [0.2, 0.25) is 0 Å². The Morgan fingerprint density at radius 1 is 0.962 bits per heavy atom. The molecule has 0 saturated heterocycles. The maximum atomic E-state index is 13.3. The largest absolute Gasteiger partial charge is 0.459 e. The van der Waals surface area contributed by atoms with Gasteiger partial charge in [-0.2, -0.15) is 0 Å². The third kappa shape index (κ3) is 2.32. The zero-order chi connectivity index (χ0) is 18.1. The lowest BCUT2D eigenvalue weighted by Crippen LogP contribution is -2.43. The fourth-order valence-electron chi connectivity index (χ4n) is 8.96. The van der Waals surface area contributed by atoms with Crippen molar-refractivity contribution in [2.45, 2.75) is 90.6 Å². The molecule has 5 aliphatic rings. The van der Waals surface area contributed by atoms with Crippen LogP contribution in [-0.4, -0.2) is 11.6 Å². The summed E-state index contributed by atoms with van der Waals surface area (Å²) in [7, 11) is 0. The summed E-state index contributed by atoms with van der Waals surface area (Å²) in [5, 5.41) is 0. The fourth-order valence-corrected chi connectivity index (χ4v) is 8.96. The normalized spacial score (nSPS) is 54.0. The Morgan fingerprint density at radius 3 is 2.35 bits per heavy atom. The lowest BCUT2D eigenvalue weighted by Gasteiger charge is -2.40. The van der Waals surface area contributed by atoms with Crippen LogP contribution in [0.15, 0.2) is 0 Å². The predicted molar refractivity (Wildman–Crippen MR) is 103 cm³/mol. The van der Waals surface area contributed by atoms with Crippen LogP contribution in [-0.2, 0) is 9.53 Å². The van der Waals surface area contributed by atoms with E-state index in [9.17, 15) is 4.79 Å². The summed E-state index contributed by atoms with van der Waals surface area (Å²) in [4.78, 5) is 13.3. The molecule has 0 radical (unpaired) electrons. The van der Waals surface area contributed by atoms with Crippen molar-refractivity contribution >= 4 is 5.97 Å². The molecule has 0 N–H and O–H groups in total. The molecule has 2 heteroatoms. The first-order valence-corrected chi connectivity index (χ1v) is 11.8. The molecular formula is C24H38O2. The van der Waals surface area contributed by atoms with Crippen molar-refractivity contribution in [2.75, 3.05) is 0 Å². The first-order valence-electron chi connectivity index (χ1n) is 11.8. The second kappa shape index (κ2) is 6.24. The standard InChI is InChI=1S/C24H38O2/c1-4-15-10-16(5-2)22-19-11-17(21(15)22)12-20(19)23(25)26-24(6-3)13-14-7-8-18(24)9-14/h14-22H,4-13H2,1-3H3. The summed E-state index contributed by atoms with van der Waals surface area (Å²) in [6, 6.07) is 0. The molecular weight excluding hydrogens is 320 g/mol. The van der Waals surface area contributed by atoms with Crippen molar-refractivity contribution in [1.82, 2.24) is 0 Å². The third-order valence-corrected chi connectivity index (χ3v) is 10.00. The van der Waals surface area contributed by atoms with Crippen LogP contribution in [0.4, 0.5) is 0 Å². The topological polar surface area (TPSA) is 26.3 Å². The highest BCUT2D eigenvalue weighted by atomic mass is 16.6. The Morgan fingerprint density at radius 2 is 1.73 bits per heavy atom. The van der Waals surface area contributed by atoms with Crippen molar-refractivity contribution in [1.29, 1.82) is 0 Å². The number of rotatable bonds is 5. The van der Waals surface area contributed by atoms with Crippen LogP contribution in [0.2, 0.25) is 0 Å². The number of carbonyl (C=O) groups excluding carboxylic acids is 1. The second-order valence-corrected chi connectivity index (χ2v) is 10.6. The van der Waals surface area contributed by atoms with Gasteiger partial charge in [-0.3, -0.25) is 4.79 Å². The summed E-state index contributed by atoms with van der Waals surface area (Å²) >= 11 is 0. The maximum absolute atomic E-state index is 13.3. The molecule has 0 heterocycles. The molecule has 5 aliphatic carbocycles. The SMILES string of the molecule is CCC1CC(CC)C2C3CC(CC3C(=O)OC3(CC)CC4CCC3C4)C12. The zero-order valence-corrected chi connectivity index (χ0v) is 17.1. The Balaban J connectivity index is 1.32. The highest BCUT2D eigenvalue weighted by molar-refractivity contribution is 5.74. The van der Waals surface area contributed by atoms with E-state index in [4.69, 9.17) is 4.74 Å². The van der Waals surface area contributed by atoms with E-state index in [1.807, 2.05) is 0 Å². The van der Waals surface area contributed by atoms with Gasteiger partial charge in [0.15, 0.2) is 0 Å². The van der Waals surface area contributed by atoms with Crippen molar-refractivity contribution in [2.24, 2.45) is 53.3 Å². The molecule has 0 amide bonds. The first-order chi connectivity index (χ1) is 12.6. The van der Waals surface area contributed by atoms with E-state index in [0.717, 1.165) is 54.8 Å². The summed E-state index contributed by atoms with van der Waals surface area (Å²) < 4.78 is 6.45. The maximum Gasteiger partial charge on any atom is 0.309 e. The van der Waals surface area contributed by atoms with Gasteiger partial charge in [0.05, 0.1) is 5.92 Å². The molecule has 5 saturated carbocycles. The highest BCUT2D eigenvalue weighted by Gasteiger charge is 2.62. The molecule has 0 spiro atoms. The first kappa shape index (κ1) is 17.6. The number of ether oxygens (including phenoxy) is 1. The lowest BCUT2D eigenvalue weighted by molar-refractivity contribution is -0.175. The van der Waals surface area contributed by atoms with Crippen LogP contribution in [0.5, 0.6) is 0 Å². The van der Waals surface area contributed by atoms with Gasteiger partial charge in [-0.25, -0.2) is 0 Å². The Hall–Kier alpha value is -0.530. The minimum Gasteiger partial charge on any atom is -0.459 e. The van der Waals surface area contributed by atoms with Gasteiger partial charge in [-0.15, -0.1) is 0 Å². The van der Waals surface area contributed by atoms with E-state index in [1.165, 1.54) is 44.9 Å². The minimum absolute atomic E-state index is 0.0903. The quantitative estimate of drug-likeness (QED) is 0.577. The van der Waals surface area contributed by atoms with E-state index in [1.54, 1.807) is 0 Å². The zero-order valence-electron chi connectivity index (χ0n) is 17.1. The van der Waals surface area contributed by atoms with Crippen LogP contribution in [0, 0.1) is 53.3 Å². The lowest BCUT2D eigenvalue weighted by atomic mass is 9.70. The predicted octanol–water partition coefficient (Wildman–Crippen LogP) is 5.84. The Bertz CT molecular complexity index is 571. The van der Waals surface area contributed by atoms with E-state index < -0.39 is 0 Å². The average Bonchev–Trinajstić information content (AvgIpc) is 3.44. The average molecular weight is 359 g/mol. The summed E-state index contributed by atoms with van der Waals surface area (Å²) in [6.07, 6.45) is 12.7. The number of carbonyl (C=O) groups is 1. The molecule has 10 atom stereocenters. The molecule has 0 aromatic carbocycles. The van der Waals surface area contributed by atoms with E-state index in [-0.39, 0.29) is 17.5 Å². The van der Waals surface area contributed by atoms with Gasteiger partial charge in [-0.1, -0.05) is 33.6 Å². The van der Waals surface area contributed by atoms with E-state index in [0.29, 0.717) is 11.8 Å². The number of hydrogen-bond acceptors (Lipinski definition) is 2. The van der Waals surface area contributed by atoms with Crippen molar-refractivity contribution < 1.29 is 9.53 Å². The van der Waals surface area contributed by atoms with Crippen LogP contribution >= 0.6 is 0 Å². The van der Waals surface area contributed by atoms with Gasteiger partial charge in [0.1, 0.15) is 5.60 Å². The molecule has 146 valence electrons. The second-order valence-electron chi connectivity index (χ2n) is 10.6. The molecule has 26 heavy (non-hydrogen) atoms. The summed E-state index contributed by atoms with van der Waals surface area (Å²) in [6.45, 7) is 7.01. The Labute approximate surface area is 159 Å². The number of hydrogen-bond donors (Lipinski definition) is 0. The Kier molecular flexibility index (Phi) is 4.22. The van der Waals surface area contributed by atoms with Gasteiger partial charge >= 0.3 is 5.97 Å². The number of fused-ring (bicyclic) bond motifs is 7. The van der Waals surface area contributed by atoms with E-state index >= 15 is 0 Å². The van der Waals surface area contributed by atoms with Gasteiger partial charge in [-0.05, 0) is 98.7 Å². The van der Waals surface area contributed by atoms with Crippen molar-refractivity contribution in [3.05, 3.63) is 0 Å². The molecule has 0 aromatic rings. The molecule has 10 unspecified atom stereocenters. The van der Waals surface area contributed by atoms with Crippen LogP contribution < -0.4 is 0 Å². The van der Waals surface area contributed by atoms with Crippen LogP contribution in [0.3, 0.4) is 0 Å². The molecule has 5 rings (SSSR count). The number of esters is 1. The third-order valence-electron chi connectivity index (χ3n) is 10.00. The molecule has 0 aliphatic heterocycles. The molecule has 2 nitrogen and oxygen atoms in total. The highest BCUT2D eigenvalue weighted by Crippen LogP contribution is 2.66. The minimum atomic E-state index is -0.0903. The smallest absolute Gasteiger partial charge is 0.309 e.